The van der Waals surface area contributed by atoms with E-state index in [9.17, 15) is 4.79 Å². The van der Waals surface area contributed by atoms with Crippen LogP contribution in [0.15, 0.2) is 48.5 Å². The molecular formula is C21H26N2O. The molecule has 0 aliphatic carbocycles. The summed E-state index contributed by atoms with van der Waals surface area (Å²) in [6.07, 6.45) is 3.51. The molecule has 2 aromatic carbocycles. The van der Waals surface area contributed by atoms with E-state index < -0.39 is 0 Å². The molecule has 2 aromatic rings. The maximum absolute atomic E-state index is 12.7. The zero-order valence-electron chi connectivity index (χ0n) is 14.7. The summed E-state index contributed by atoms with van der Waals surface area (Å²) in [6, 6.07) is 16.4. The smallest absolute Gasteiger partial charge is 0.253 e. The summed E-state index contributed by atoms with van der Waals surface area (Å²) < 4.78 is 0. The fourth-order valence-corrected chi connectivity index (χ4v) is 3.34. The highest BCUT2D eigenvalue weighted by Crippen LogP contribution is 2.25. The molecular weight excluding hydrogens is 296 g/mol. The molecule has 1 aliphatic heterocycles. The number of hydrogen-bond donors (Lipinski definition) is 0. The van der Waals surface area contributed by atoms with Crippen LogP contribution in [0, 0.1) is 0 Å². The lowest BCUT2D eigenvalue weighted by Crippen LogP contribution is -2.28. The van der Waals surface area contributed by atoms with Crippen molar-refractivity contribution in [2.45, 2.75) is 32.7 Å². The van der Waals surface area contributed by atoms with Crippen LogP contribution in [0.25, 0.3) is 0 Å². The first-order valence-corrected chi connectivity index (χ1v) is 8.86. The number of rotatable bonds is 5. The van der Waals surface area contributed by atoms with Gasteiger partial charge in [-0.2, -0.15) is 0 Å². The third-order valence-corrected chi connectivity index (χ3v) is 4.80. The molecule has 24 heavy (non-hydrogen) atoms. The Kier molecular flexibility index (Phi) is 5.19. The highest BCUT2D eigenvalue weighted by atomic mass is 16.2. The third kappa shape index (κ3) is 3.61. The topological polar surface area (TPSA) is 23.6 Å². The number of benzene rings is 2. The van der Waals surface area contributed by atoms with Crippen LogP contribution < -0.4 is 4.90 Å². The molecule has 0 spiro atoms. The molecule has 1 amide bonds. The molecule has 3 rings (SSSR count). The summed E-state index contributed by atoms with van der Waals surface area (Å²) in [5.74, 6) is 0.0777. The van der Waals surface area contributed by atoms with Gasteiger partial charge in [0.15, 0.2) is 0 Å². The number of amides is 1. The Hall–Kier alpha value is -2.29. The van der Waals surface area contributed by atoms with Gasteiger partial charge in [-0.25, -0.2) is 0 Å². The van der Waals surface area contributed by atoms with Gasteiger partial charge in [0.1, 0.15) is 0 Å². The fraction of sp³-hybridized carbons (Fsp3) is 0.381. The SMILES string of the molecule is CCc1ccc(C(=O)N(C)Cc2ccccc2N2CCCC2)cc1. The van der Waals surface area contributed by atoms with E-state index in [2.05, 4.69) is 36.1 Å². The Balaban J connectivity index is 1.74. The van der Waals surface area contributed by atoms with Gasteiger partial charge < -0.3 is 9.80 Å². The second-order valence-electron chi connectivity index (χ2n) is 6.53. The van der Waals surface area contributed by atoms with Crippen molar-refractivity contribution in [3.05, 3.63) is 65.2 Å². The van der Waals surface area contributed by atoms with E-state index in [-0.39, 0.29) is 5.91 Å². The van der Waals surface area contributed by atoms with E-state index in [0.717, 1.165) is 25.1 Å². The molecule has 0 unspecified atom stereocenters. The third-order valence-electron chi connectivity index (χ3n) is 4.80. The van der Waals surface area contributed by atoms with Gasteiger partial charge >= 0.3 is 0 Å². The minimum Gasteiger partial charge on any atom is -0.371 e. The number of aryl methyl sites for hydroxylation is 1. The highest BCUT2D eigenvalue weighted by Gasteiger charge is 2.18. The number of carbonyl (C=O) groups is 1. The maximum Gasteiger partial charge on any atom is 0.253 e. The molecule has 0 atom stereocenters. The Morgan fingerprint density at radius 2 is 1.71 bits per heavy atom. The first-order valence-electron chi connectivity index (χ1n) is 8.86. The predicted molar refractivity (Wildman–Crippen MR) is 99.5 cm³/mol. The van der Waals surface area contributed by atoms with Gasteiger partial charge in [-0.05, 0) is 48.6 Å². The van der Waals surface area contributed by atoms with Crippen LogP contribution in [0.2, 0.25) is 0 Å². The zero-order valence-corrected chi connectivity index (χ0v) is 14.7. The minimum absolute atomic E-state index is 0.0777. The van der Waals surface area contributed by atoms with Gasteiger partial charge in [-0.15, -0.1) is 0 Å². The zero-order chi connectivity index (χ0) is 16.9. The standard InChI is InChI=1S/C21H26N2O/c1-3-17-10-12-18(13-11-17)21(24)22(2)16-19-8-4-5-9-20(19)23-14-6-7-15-23/h4-5,8-13H,3,6-7,14-16H2,1-2H3. The van der Waals surface area contributed by atoms with Crippen molar-refractivity contribution in [1.82, 2.24) is 4.90 Å². The van der Waals surface area contributed by atoms with E-state index in [1.165, 1.54) is 29.7 Å². The molecule has 1 heterocycles. The van der Waals surface area contributed by atoms with E-state index in [1.807, 2.05) is 36.2 Å². The Morgan fingerprint density at radius 1 is 1.04 bits per heavy atom. The van der Waals surface area contributed by atoms with E-state index in [1.54, 1.807) is 0 Å². The van der Waals surface area contributed by atoms with Crippen LogP contribution in [0.5, 0.6) is 0 Å². The number of anilines is 1. The van der Waals surface area contributed by atoms with Gasteiger partial charge in [-0.1, -0.05) is 37.3 Å². The second kappa shape index (κ2) is 7.52. The van der Waals surface area contributed by atoms with Crippen molar-refractivity contribution in [3.63, 3.8) is 0 Å². The first-order chi connectivity index (χ1) is 11.7. The van der Waals surface area contributed by atoms with Gasteiger partial charge in [0.05, 0.1) is 0 Å². The number of para-hydroxylation sites is 1. The van der Waals surface area contributed by atoms with Crippen molar-refractivity contribution >= 4 is 11.6 Å². The molecule has 1 fully saturated rings. The second-order valence-corrected chi connectivity index (χ2v) is 6.53. The Labute approximate surface area is 144 Å². The lowest BCUT2D eigenvalue weighted by Gasteiger charge is -2.24. The molecule has 0 saturated carbocycles. The fourth-order valence-electron chi connectivity index (χ4n) is 3.34. The number of hydrogen-bond acceptors (Lipinski definition) is 2. The summed E-state index contributed by atoms with van der Waals surface area (Å²) in [5.41, 5.74) is 4.51. The van der Waals surface area contributed by atoms with Crippen molar-refractivity contribution in [2.75, 3.05) is 25.0 Å². The molecule has 126 valence electrons. The molecule has 0 bridgehead atoms. The summed E-state index contributed by atoms with van der Waals surface area (Å²) in [4.78, 5) is 16.9. The van der Waals surface area contributed by atoms with Crippen molar-refractivity contribution in [3.8, 4) is 0 Å². The van der Waals surface area contributed by atoms with Crippen LogP contribution in [0.1, 0.15) is 41.3 Å². The van der Waals surface area contributed by atoms with E-state index >= 15 is 0 Å². The van der Waals surface area contributed by atoms with Gasteiger partial charge in [0, 0.05) is 37.9 Å². The lowest BCUT2D eigenvalue weighted by molar-refractivity contribution is 0.0785. The summed E-state index contributed by atoms with van der Waals surface area (Å²) >= 11 is 0. The van der Waals surface area contributed by atoms with Crippen LogP contribution in [-0.2, 0) is 13.0 Å². The van der Waals surface area contributed by atoms with Crippen LogP contribution in [0.4, 0.5) is 5.69 Å². The quantitative estimate of drug-likeness (QED) is 0.826. The van der Waals surface area contributed by atoms with Crippen LogP contribution in [-0.4, -0.2) is 30.9 Å². The minimum atomic E-state index is 0.0777. The Morgan fingerprint density at radius 3 is 2.38 bits per heavy atom. The first kappa shape index (κ1) is 16.6. The molecule has 3 nitrogen and oxygen atoms in total. The molecule has 0 N–H and O–H groups in total. The lowest BCUT2D eigenvalue weighted by atomic mass is 10.1. The van der Waals surface area contributed by atoms with Crippen molar-refractivity contribution in [1.29, 1.82) is 0 Å². The van der Waals surface area contributed by atoms with Crippen LogP contribution >= 0.6 is 0 Å². The number of nitrogens with zero attached hydrogens (tertiary/aromatic N) is 2. The monoisotopic (exact) mass is 322 g/mol. The molecule has 0 aromatic heterocycles. The van der Waals surface area contributed by atoms with E-state index in [4.69, 9.17) is 0 Å². The van der Waals surface area contributed by atoms with Crippen LogP contribution in [0.3, 0.4) is 0 Å². The largest absolute Gasteiger partial charge is 0.371 e. The highest BCUT2D eigenvalue weighted by molar-refractivity contribution is 5.94. The summed E-state index contributed by atoms with van der Waals surface area (Å²) in [6.45, 7) is 5.00. The normalized spacial score (nSPS) is 14.0. The van der Waals surface area contributed by atoms with Gasteiger partial charge in [0.2, 0.25) is 0 Å². The maximum atomic E-state index is 12.7. The summed E-state index contributed by atoms with van der Waals surface area (Å²) in [5, 5.41) is 0. The van der Waals surface area contributed by atoms with Crippen molar-refractivity contribution in [2.24, 2.45) is 0 Å². The molecule has 0 radical (unpaired) electrons. The van der Waals surface area contributed by atoms with E-state index in [0.29, 0.717) is 6.54 Å². The van der Waals surface area contributed by atoms with Gasteiger partial charge in [-0.3, -0.25) is 4.79 Å². The molecule has 1 saturated heterocycles. The van der Waals surface area contributed by atoms with Gasteiger partial charge in [0.25, 0.3) is 5.91 Å². The van der Waals surface area contributed by atoms with Crippen molar-refractivity contribution < 1.29 is 4.79 Å². The predicted octanol–water partition coefficient (Wildman–Crippen LogP) is 4.12. The number of carbonyl (C=O) groups excluding carboxylic acids is 1. The summed E-state index contributed by atoms with van der Waals surface area (Å²) in [7, 11) is 1.89. The molecule has 1 aliphatic rings. The molecule has 3 heteroatoms. The Bertz CT molecular complexity index is 687. The average Bonchev–Trinajstić information content (AvgIpc) is 3.16. The average molecular weight is 322 g/mol.